The number of nitrogens with zero attached hydrogens (tertiary/aromatic N) is 2. The first-order valence-corrected chi connectivity index (χ1v) is 8.53. The second kappa shape index (κ2) is 7.96. The first-order chi connectivity index (χ1) is 12.2. The van der Waals surface area contributed by atoms with Gasteiger partial charge in [-0.2, -0.15) is 0 Å². The molecule has 1 aromatic carbocycles. The summed E-state index contributed by atoms with van der Waals surface area (Å²) in [7, 11) is 1.40. The minimum absolute atomic E-state index is 0.0720. The fraction of sp³-hybridized carbons (Fsp3) is 0.421. The third-order valence-electron chi connectivity index (χ3n) is 4.55. The smallest absolute Gasteiger partial charge is 0.308 e. The molecule has 1 aromatic heterocycles. The van der Waals surface area contributed by atoms with Crippen LogP contribution in [0.1, 0.15) is 25.2 Å². The van der Waals surface area contributed by atoms with Gasteiger partial charge in [0.25, 0.3) is 0 Å². The number of oxazole rings is 1. The summed E-state index contributed by atoms with van der Waals surface area (Å²) in [5.74, 6) is 1.08. The number of esters is 1. The summed E-state index contributed by atoms with van der Waals surface area (Å²) in [6, 6.07) is 9.75. The fourth-order valence-electron chi connectivity index (χ4n) is 3.06. The molecular weight excluding hydrogens is 320 g/mol. The van der Waals surface area contributed by atoms with E-state index in [2.05, 4.69) is 4.98 Å². The van der Waals surface area contributed by atoms with E-state index >= 15 is 0 Å². The van der Waals surface area contributed by atoms with Crippen LogP contribution in [0.2, 0.25) is 0 Å². The monoisotopic (exact) mass is 342 g/mol. The third kappa shape index (κ3) is 4.26. The van der Waals surface area contributed by atoms with E-state index in [9.17, 15) is 9.59 Å². The molecule has 1 aliphatic heterocycles. The highest BCUT2D eigenvalue weighted by Gasteiger charge is 2.27. The Kier molecular flexibility index (Phi) is 5.48. The van der Waals surface area contributed by atoms with E-state index in [0.717, 1.165) is 5.56 Å². The summed E-state index contributed by atoms with van der Waals surface area (Å²) >= 11 is 0. The molecule has 1 saturated heterocycles. The molecule has 0 aliphatic carbocycles. The molecule has 1 amide bonds. The molecular formula is C19H22N2O4. The minimum atomic E-state index is -0.180. The first-order valence-electron chi connectivity index (χ1n) is 8.53. The summed E-state index contributed by atoms with van der Waals surface area (Å²) in [5.41, 5.74) is 0.970. The molecule has 25 heavy (non-hydrogen) atoms. The molecule has 1 aliphatic rings. The van der Waals surface area contributed by atoms with Crippen LogP contribution in [0, 0.1) is 5.92 Å². The van der Waals surface area contributed by atoms with Gasteiger partial charge in [0.1, 0.15) is 0 Å². The molecule has 3 rings (SSSR count). The summed E-state index contributed by atoms with van der Waals surface area (Å²) in [4.78, 5) is 29.9. The number of hydrogen-bond acceptors (Lipinski definition) is 5. The Bertz CT molecular complexity index is 718. The molecule has 0 atom stereocenters. The highest BCUT2D eigenvalue weighted by atomic mass is 16.5. The molecule has 0 radical (unpaired) electrons. The minimum Gasteiger partial charge on any atom is -0.469 e. The molecule has 0 saturated carbocycles. The van der Waals surface area contributed by atoms with Crippen LogP contribution >= 0.6 is 0 Å². The number of amides is 1. The van der Waals surface area contributed by atoms with Crippen molar-refractivity contribution in [1.29, 1.82) is 0 Å². The van der Waals surface area contributed by atoms with Crippen molar-refractivity contribution in [2.24, 2.45) is 5.92 Å². The van der Waals surface area contributed by atoms with Crippen LogP contribution in [0.3, 0.4) is 0 Å². The van der Waals surface area contributed by atoms with Crippen molar-refractivity contribution in [3.63, 3.8) is 0 Å². The van der Waals surface area contributed by atoms with Crippen molar-refractivity contribution in [2.45, 2.75) is 25.7 Å². The maximum Gasteiger partial charge on any atom is 0.308 e. The van der Waals surface area contributed by atoms with Crippen molar-refractivity contribution >= 4 is 11.9 Å². The van der Waals surface area contributed by atoms with E-state index in [1.165, 1.54) is 7.11 Å². The average Bonchev–Trinajstić information content (AvgIpc) is 3.15. The molecule has 0 bridgehead atoms. The quantitative estimate of drug-likeness (QED) is 0.781. The standard InChI is InChI=1S/C19H22N2O4/c1-24-19(23)15-9-11-21(12-10-15)18(22)8-7-17-20-13-16(25-17)14-5-3-2-4-6-14/h2-6,13,15H,7-12H2,1H3. The van der Waals surface area contributed by atoms with E-state index < -0.39 is 0 Å². The second-order valence-electron chi connectivity index (χ2n) is 6.16. The number of piperidine rings is 1. The third-order valence-corrected chi connectivity index (χ3v) is 4.55. The molecule has 1 fully saturated rings. The van der Waals surface area contributed by atoms with Crippen molar-refractivity contribution in [3.8, 4) is 11.3 Å². The number of ether oxygens (including phenoxy) is 1. The molecule has 0 N–H and O–H groups in total. The maximum absolute atomic E-state index is 12.3. The van der Waals surface area contributed by atoms with E-state index in [1.807, 2.05) is 30.3 Å². The number of carbonyl (C=O) groups is 2. The van der Waals surface area contributed by atoms with Gasteiger partial charge in [-0.25, -0.2) is 4.98 Å². The van der Waals surface area contributed by atoms with Crippen LogP contribution in [0.25, 0.3) is 11.3 Å². The molecule has 2 aromatic rings. The number of rotatable bonds is 5. The maximum atomic E-state index is 12.3. The SMILES string of the molecule is COC(=O)C1CCN(C(=O)CCc2ncc(-c3ccccc3)o2)CC1. The van der Waals surface area contributed by atoms with Crippen LogP contribution in [0.5, 0.6) is 0 Å². The topological polar surface area (TPSA) is 72.6 Å². The Morgan fingerprint density at radius 1 is 1.24 bits per heavy atom. The van der Waals surface area contributed by atoms with Crippen molar-refractivity contribution in [2.75, 3.05) is 20.2 Å². The number of aromatic nitrogens is 1. The zero-order chi connectivity index (χ0) is 17.6. The predicted octanol–water partition coefficient (Wildman–Crippen LogP) is 2.69. The van der Waals surface area contributed by atoms with Crippen LogP contribution < -0.4 is 0 Å². The number of hydrogen-bond donors (Lipinski definition) is 0. The van der Waals surface area contributed by atoms with Gasteiger partial charge in [0.15, 0.2) is 11.7 Å². The average molecular weight is 342 g/mol. The van der Waals surface area contributed by atoms with Crippen LogP contribution in [-0.2, 0) is 20.7 Å². The fourth-order valence-corrected chi connectivity index (χ4v) is 3.06. The molecule has 0 spiro atoms. The van der Waals surface area contributed by atoms with Crippen LogP contribution in [0.4, 0.5) is 0 Å². The lowest BCUT2D eigenvalue weighted by atomic mass is 9.97. The molecule has 132 valence electrons. The van der Waals surface area contributed by atoms with Crippen LogP contribution in [-0.4, -0.2) is 42.0 Å². The van der Waals surface area contributed by atoms with Gasteiger partial charge in [-0.3, -0.25) is 9.59 Å². The Hall–Kier alpha value is -2.63. The number of carbonyl (C=O) groups excluding carboxylic acids is 2. The predicted molar refractivity (Wildman–Crippen MR) is 91.6 cm³/mol. The molecule has 2 heterocycles. The van der Waals surface area contributed by atoms with Gasteiger partial charge >= 0.3 is 5.97 Å². The molecule has 6 nitrogen and oxygen atoms in total. The second-order valence-corrected chi connectivity index (χ2v) is 6.16. The van der Waals surface area contributed by atoms with Gasteiger partial charge in [0, 0.05) is 31.5 Å². The van der Waals surface area contributed by atoms with Gasteiger partial charge in [0.2, 0.25) is 5.91 Å². The van der Waals surface area contributed by atoms with E-state index in [0.29, 0.717) is 50.4 Å². The lowest BCUT2D eigenvalue weighted by Gasteiger charge is -2.30. The summed E-state index contributed by atoms with van der Waals surface area (Å²) in [6.45, 7) is 1.19. The lowest BCUT2D eigenvalue weighted by molar-refractivity contribution is -0.148. The summed E-state index contributed by atoms with van der Waals surface area (Å²) < 4.78 is 10.5. The largest absolute Gasteiger partial charge is 0.469 e. The first kappa shape index (κ1) is 17.2. The Balaban J connectivity index is 1.49. The van der Waals surface area contributed by atoms with Crippen molar-refractivity contribution in [3.05, 3.63) is 42.4 Å². The van der Waals surface area contributed by atoms with Gasteiger partial charge in [-0.1, -0.05) is 30.3 Å². The highest BCUT2D eigenvalue weighted by molar-refractivity contribution is 5.77. The van der Waals surface area contributed by atoms with Gasteiger partial charge < -0.3 is 14.1 Å². The Morgan fingerprint density at radius 2 is 1.96 bits per heavy atom. The van der Waals surface area contributed by atoms with Crippen LogP contribution in [0.15, 0.2) is 40.9 Å². The van der Waals surface area contributed by atoms with Crippen molar-refractivity contribution < 1.29 is 18.7 Å². The number of benzene rings is 1. The summed E-state index contributed by atoms with van der Waals surface area (Å²) in [5, 5.41) is 0. The molecule has 6 heteroatoms. The van der Waals surface area contributed by atoms with E-state index in [4.69, 9.17) is 9.15 Å². The zero-order valence-corrected chi connectivity index (χ0v) is 14.3. The number of likely N-dealkylation sites (tertiary alicyclic amines) is 1. The summed E-state index contributed by atoms with van der Waals surface area (Å²) in [6.07, 6.45) is 3.85. The normalized spacial score (nSPS) is 15.2. The highest BCUT2D eigenvalue weighted by Crippen LogP contribution is 2.22. The van der Waals surface area contributed by atoms with E-state index in [-0.39, 0.29) is 17.8 Å². The molecule has 0 unspecified atom stereocenters. The van der Waals surface area contributed by atoms with Gasteiger partial charge in [-0.15, -0.1) is 0 Å². The van der Waals surface area contributed by atoms with Gasteiger partial charge in [-0.05, 0) is 12.8 Å². The Morgan fingerprint density at radius 3 is 2.64 bits per heavy atom. The van der Waals surface area contributed by atoms with E-state index in [1.54, 1.807) is 11.1 Å². The lowest BCUT2D eigenvalue weighted by Crippen LogP contribution is -2.40. The number of methoxy groups -OCH3 is 1. The Labute approximate surface area is 146 Å². The zero-order valence-electron chi connectivity index (χ0n) is 14.3. The van der Waals surface area contributed by atoms with Gasteiger partial charge in [0.05, 0.1) is 19.2 Å². The number of aryl methyl sites for hydroxylation is 1. The van der Waals surface area contributed by atoms with Crippen molar-refractivity contribution in [1.82, 2.24) is 9.88 Å².